The van der Waals surface area contributed by atoms with Crippen LogP contribution in [0.3, 0.4) is 0 Å². The van der Waals surface area contributed by atoms with Crippen molar-refractivity contribution in [2.24, 2.45) is 0 Å². The zero-order chi connectivity index (χ0) is 14.6. The molecule has 0 amide bonds. The summed E-state index contributed by atoms with van der Waals surface area (Å²) in [5.41, 5.74) is 0.101. The van der Waals surface area contributed by atoms with E-state index in [2.05, 4.69) is 22.9 Å². The van der Waals surface area contributed by atoms with Crippen LogP contribution in [0.5, 0.6) is 0 Å². The normalized spacial score (nSPS) is 10.9. The lowest BCUT2D eigenvalue weighted by molar-refractivity contribution is 0.530. The summed E-state index contributed by atoms with van der Waals surface area (Å²) in [6.45, 7) is 3.10. The van der Waals surface area contributed by atoms with Gasteiger partial charge in [-0.15, -0.1) is 0 Å². The summed E-state index contributed by atoms with van der Waals surface area (Å²) in [7, 11) is 0. The smallest absolute Gasteiger partial charge is 0.250 e. The maximum atomic E-state index is 11.6. The molecular formula is C17H28BrNO. The van der Waals surface area contributed by atoms with E-state index in [0.29, 0.717) is 0 Å². The zero-order valence-corrected chi connectivity index (χ0v) is 14.3. The van der Waals surface area contributed by atoms with Crippen molar-refractivity contribution in [2.45, 2.75) is 77.7 Å². The fraction of sp³-hybridized carbons (Fsp3) is 0.706. The molecule has 0 saturated carbocycles. The van der Waals surface area contributed by atoms with Crippen LogP contribution in [0.15, 0.2) is 27.6 Å². The molecule has 0 spiro atoms. The Kier molecular flexibility index (Phi) is 9.73. The van der Waals surface area contributed by atoms with Gasteiger partial charge in [0.1, 0.15) is 0 Å². The Bertz CT molecular complexity index is 414. The van der Waals surface area contributed by atoms with Crippen LogP contribution >= 0.6 is 15.9 Å². The highest BCUT2D eigenvalue weighted by Crippen LogP contribution is 2.11. The summed E-state index contributed by atoms with van der Waals surface area (Å²) in [5, 5.41) is 0. The Morgan fingerprint density at radius 3 is 2.05 bits per heavy atom. The van der Waals surface area contributed by atoms with Crippen molar-refractivity contribution in [3.05, 3.63) is 33.2 Å². The summed E-state index contributed by atoms with van der Waals surface area (Å²) >= 11 is 3.41. The van der Waals surface area contributed by atoms with E-state index in [1.165, 1.54) is 57.8 Å². The van der Waals surface area contributed by atoms with Crippen LogP contribution in [0.25, 0.3) is 0 Å². The maximum absolute atomic E-state index is 11.6. The molecule has 1 rings (SSSR count). The van der Waals surface area contributed by atoms with Crippen LogP contribution in [-0.4, -0.2) is 4.57 Å². The molecule has 0 aromatic carbocycles. The molecule has 20 heavy (non-hydrogen) atoms. The minimum absolute atomic E-state index is 0.101. The van der Waals surface area contributed by atoms with E-state index < -0.39 is 0 Å². The molecule has 1 aromatic heterocycles. The standard InChI is InChI=1S/C17H28BrNO/c1-2-3-4-5-6-7-8-9-10-11-14-19-15-16(18)12-13-17(19)20/h12-13,15H,2-11,14H2,1H3. The molecule has 0 bridgehead atoms. The fourth-order valence-corrected chi connectivity index (χ4v) is 2.83. The van der Waals surface area contributed by atoms with E-state index in [0.717, 1.165) is 17.4 Å². The molecule has 0 fully saturated rings. The molecule has 3 heteroatoms. The summed E-state index contributed by atoms with van der Waals surface area (Å²) in [6, 6.07) is 3.43. The highest BCUT2D eigenvalue weighted by molar-refractivity contribution is 9.10. The van der Waals surface area contributed by atoms with Crippen molar-refractivity contribution in [3.63, 3.8) is 0 Å². The average molecular weight is 342 g/mol. The quantitative estimate of drug-likeness (QED) is 0.485. The molecule has 0 atom stereocenters. The first-order valence-electron chi connectivity index (χ1n) is 8.10. The highest BCUT2D eigenvalue weighted by Gasteiger charge is 1.97. The largest absolute Gasteiger partial charge is 0.314 e. The second kappa shape index (κ2) is 11.1. The van der Waals surface area contributed by atoms with Crippen molar-refractivity contribution < 1.29 is 0 Å². The molecule has 0 aliphatic heterocycles. The van der Waals surface area contributed by atoms with Crippen LogP contribution in [0.4, 0.5) is 0 Å². The van der Waals surface area contributed by atoms with Crippen LogP contribution in [0.1, 0.15) is 71.1 Å². The summed E-state index contributed by atoms with van der Waals surface area (Å²) in [5.74, 6) is 0. The highest BCUT2D eigenvalue weighted by atomic mass is 79.9. The Morgan fingerprint density at radius 1 is 0.900 bits per heavy atom. The van der Waals surface area contributed by atoms with Gasteiger partial charge in [0.25, 0.3) is 5.56 Å². The Labute approximate surface area is 131 Å². The number of nitrogens with zero attached hydrogens (tertiary/aromatic N) is 1. The first kappa shape index (κ1) is 17.5. The number of hydrogen-bond donors (Lipinski definition) is 0. The Hall–Kier alpha value is -0.570. The molecule has 114 valence electrons. The second-order valence-electron chi connectivity index (χ2n) is 5.56. The minimum Gasteiger partial charge on any atom is -0.314 e. The molecule has 0 saturated heterocycles. The monoisotopic (exact) mass is 341 g/mol. The van der Waals surface area contributed by atoms with Gasteiger partial charge in [0, 0.05) is 23.3 Å². The summed E-state index contributed by atoms with van der Waals surface area (Å²) in [4.78, 5) is 11.6. The van der Waals surface area contributed by atoms with E-state index in [1.54, 1.807) is 16.7 Å². The molecule has 0 aliphatic rings. The first-order valence-corrected chi connectivity index (χ1v) is 8.89. The first-order chi connectivity index (χ1) is 9.74. The maximum Gasteiger partial charge on any atom is 0.250 e. The summed E-state index contributed by atoms with van der Waals surface area (Å²) < 4.78 is 2.78. The van der Waals surface area contributed by atoms with Gasteiger partial charge in [-0.1, -0.05) is 64.7 Å². The number of aromatic nitrogens is 1. The van der Waals surface area contributed by atoms with E-state index in [1.807, 2.05) is 6.20 Å². The molecule has 0 radical (unpaired) electrons. The lowest BCUT2D eigenvalue weighted by Crippen LogP contribution is -2.18. The van der Waals surface area contributed by atoms with Crippen LogP contribution < -0.4 is 5.56 Å². The van der Waals surface area contributed by atoms with Crippen molar-refractivity contribution in [2.75, 3.05) is 0 Å². The van der Waals surface area contributed by atoms with Crippen molar-refractivity contribution >= 4 is 15.9 Å². The van der Waals surface area contributed by atoms with Gasteiger partial charge in [-0.25, -0.2) is 0 Å². The average Bonchev–Trinajstić information content (AvgIpc) is 2.44. The lowest BCUT2D eigenvalue weighted by Gasteiger charge is -2.06. The Balaban J connectivity index is 1.99. The third kappa shape index (κ3) is 7.88. The third-order valence-electron chi connectivity index (χ3n) is 3.70. The lowest BCUT2D eigenvalue weighted by atomic mass is 10.1. The number of unbranched alkanes of at least 4 members (excludes halogenated alkanes) is 9. The number of hydrogen-bond acceptors (Lipinski definition) is 1. The van der Waals surface area contributed by atoms with E-state index in [9.17, 15) is 4.79 Å². The Morgan fingerprint density at radius 2 is 1.45 bits per heavy atom. The van der Waals surface area contributed by atoms with Gasteiger partial charge in [0.2, 0.25) is 0 Å². The van der Waals surface area contributed by atoms with Gasteiger partial charge in [0.05, 0.1) is 0 Å². The third-order valence-corrected chi connectivity index (χ3v) is 4.17. The number of pyridine rings is 1. The van der Waals surface area contributed by atoms with Crippen LogP contribution in [-0.2, 0) is 6.54 Å². The second-order valence-corrected chi connectivity index (χ2v) is 6.48. The van der Waals surface area contributed by atoms with E-state index in [-0.39, 0.29) is 5.56 Å². The predicted molar refractivity (Wildman–Crippen MR) is 90.2 cm³/mol. The SMILES string of the molecule is CCCCCCCCCCCCn1cc(Br)ccc1=O. The number of rotatable bonds is 11. The zero-order valence-electron chi connectivity index (χ0n) is 12.7. The van der Waals surface area contributed by atoms with Gasteiger partial charge < -0.3 is 4.57 Å². The molecule has 1 aromatic rings. The molecular weight excluding hydrogens is 314 g/mol. The van der Waals surface area contributed by atoms with Gasteiger partial charge in [0.15, 0.2) is 0 Å². The van der Waals surface area contributed by atoms with Gasteiger partial charge in [-0.2, -0.15) is 0 Å². The van der Waals surface area contributed by atoms with Crippen molar-refractivity contribution in [3.8, 4) is 0 Å². The van der Waals surface area contributed by atoms with Crippen LogP contribution in [0.2, 0.25) is 0 Å². The van der Waals surface area contributed by atoms with Crippen molar-refractivity contribution in [1.82, 2.24) is 4.57 Å². The van der Waals surface area contributed by atoms with Crippen molar-refractivity contribution in [1.29, 1.82) is 0 Å². The molecule has 2 nitrogen and oxygen atoms in total. The van der Waals surface area contributed by atoms with Gasteiger partial charge in [-0.3, -0.25) is 4.79 Å². The topological polar surface area (TPSA) is 22.0 Å². The van der Waals surface area contributed by atoms with E-state index >= 15 is 0 Å². The summed E-state index contributed by atoms with van der Waals surface area (Å²) in [6.07, 6.45) is 15.2. The molecule has 0 N–H and O–H groups in total. The molecule has 1 heterocycles. The van der Waals surface area contributed by atoms with E-state index in [4.69, 9.17) is 0 Å². The minimum atomic E-state index is 0.101. The van der Waals surface area contributed by atoms with Gasteiger partial charge in [-0.05, 0) is 28.4 Å². The predicted octanol–water partition coefficient (Wildman–Crippen LogP) is 5.53. The fourth-order valence-electron chi connectivity index (χ4n) is 2.45. The number of aryl methyl sites for hydroxylation is 1. The molecule has 0 unspecified atom stereocenters. The number of halogens is 1. The van der Waals surface area contributed by atoms with Crippen LogP contribution in [0, 0.1) is 0 Å². The van der Waals surface area contributed by atoms with Gasteiger partial charge >= 0.3 is 0 Å². The molecule has 0 aliphatic carbocycles.